The molecule has 1 amide bonds. The molecule has 2 aliphatic rings. The van der Waals surface area contributed by atoms with Crippen LogP contribution >= 0.6 is 15.9 Å². The van der Waals surface area contributed by atoms with Gasteiger partial charge in [-0.2, -0.15) is 4.31 Å². The van der Waals surface area contributed by atoms with Gasteiger partial charge in [0, 0.05) is 11.0 Å². The molecule has 1 spiro atoms. The van der Waals surface area contributed by atoms with Gasteiger partial charge in [0.1, 0.15) is 5.54 Å². The number of halogens is 1. The number of carbonyl (C=O) groups is 1. The summed E-state index contributed by atoms with van der Waals surface area (Å²) in [5, 5.41) is 2.83. The zero-order valence-corrected chi connectivity index (χ0v) is 16.5. The van der Waals surface area contributed by atoms with E-state index >= 15 is 0 Å². The van der Waals surface area contributed by atoms with Gasteiger partial charge in [0.25, 0.3) is 0 Å². The van der Waals surface area contributed by atoms with E-state index in [1.807, 2.05) is 24.3 Å². The van der Waals surface area contributed by atoms with Crippen molar-refractivity contribution in [1.29, 1.82) is 0 Å². The molecular formula is C19H19BrN2O3S. The zero-order chi connectivity index (χ0) is 18.4. The minimum absolute atomic E-state index is 0.186. The number of sulfonamides is 1. The zero-order valence-electron chi connectivity index (χ0n) is 14.1. The van der Waals surface area contributed by atoms with E-state index < -0.39 is 15.6 Å². The summed E-state index contributed by atoms with van der Waals surface area (Å²) in [5.74, 6) is -0.186. The summed E-state index contributed by atoms with van der Waals surface area (Å²) < 4.78 is 29.5. The van der Waals surface area contributed by atoms with E-state index in [0.717, 1.165) is 10.0 Å². The number of rotatable bonds is 3. The molecule has 2 unspecified atom stereocenters. The Kier molecular flexibility index (Phi) is 4.41. The molecular weight excluding hydrogens is 416 g/mol. The van der Waals surface area contributed by atoms with Crippen LogP contribution in [-0.2, 0) is 14.8 Å². The van der Waals surface area contributed by atoms with Crippen molar-refractivity contribution in [1.82, 2.24) is 9.62 Å². The van der Waals surface area contributed by atoms with Gasteiger partial charge >= 0.3 is 0 Å². The summed E-state index contributed by atoms with van der Waals surface area (Å²) in [6.07, 6.45) is 1.65. The summed E-state index contributed by atoms with van der Waals surface area (Å²) in [5.41, 5.74) is -0.0998. The van der Waals surface area contributed by atoms with E-state index in [1.54, 1.807) is 30.3 Å². The van der Waals surface area contributed by atoms with Gasteiger partial charge in [0.2, 0.25) is 15.9 Å². The smallest absolute Gasteiger partial charge is 0.244 e. The SMILES string of the molecule is O=C1NCCC12CCC(c1cccc(Br)c1)N2S(=O)(=O)c1ccccc1. The van der Waals surface area contributed by atoms with Crippen LogP contribution in [0.3, 0.4) is 0 Å². The molecule has 2 aliphatic heterocycles. The molecule has 2 atom stereocenters. The Labute approximate surface area is 161 Å². The summed E-state index contributed by atoms with van der Waals surface area (Å²) in [6, 6.07) is 15.7. The van der Waals surface area contributed by atoms with Crippen LogP contribution in [0.2, 0.25) is 0 Å². The van der Waals surface area contributed by atoms with Gasteiger partial charge in [0.05, 0.1) is 10.9 Å². The Morgan fingerprint density at radius 1 is 1.08 bits per heavy atom. The lowest BCUT2D eigenvalue weighted by Gasteiger charge is -2.35. The van der Waals surface area contributed by atoms with E-state index in [4.69, 9.17) is 0 Å². The maximum atomic E-state index is 13.5. The van der Waals surface area contributed by atoms with E-state index in [0.29, 0.717) is 25.8 Å². The fourth-order valence-electron chi connectivity index (χ4n) is 4.13. The molecule has 2 fully saturated rings. The predicted octanol–water partition coefficient (Wildman–Crippen LogP) is 3.23. The standard InChI is InChI=1S/C19H19BrN2O3S/c20-15-6-4-5-14(13-15)17-9-10-19(11-12-21-18(19)23)22(17)26(24,25)16-7-2-1-3-8-16/h1-8,13,17H,9-12H2,(H,21,23). The molecule has 2 aromatic rings. The van der Waals surface area contributed by atoms with Crippen molar-refractivity contribution in [2.45, 2.75) is 35.7 Å². The van der Waals surface area contributed by atoms with Crippen molar-refractivity contribution in [3.05, 3.63) is 64.6 Å². The molecule has 2 aromatic carbocycles. The van der Waals surface area contributed by atoms with Gasteiger partial charge in [-0.05, 0) is 49.1 Å². The third-order valence-corrected chi connectivity index (χ3v) is 7.80. The van der Waals surface area contributed by atoms with Crippen LogP contribution in [0.4, 0.5) is 0 Å². The van der Waals surface area contributed by atoms with Crippen molar-refractivity contribution in [3.8, 4) is 0 Å². The van der Waals surface area contributed by atoms with Gasteiger partial charge in [-0.25, -0.2) is 8.42 Å². The van der Waals surface area contributed by atoms with Crippen molar-refractivity contribution in [3.63, 3.8) is 0 Å². The molecule has 0 saturated carbocycles. The lowest BCUT2D eigenvalue weighted by molar-refractivity contribution is -0.126. The number of benzene rings is 2. The maximum absolute atomic E-state index is 13.5. The second-order valence-corrected chi connectivity index (χ2v) is 9.49. The van der Waals surface area contributed by atoms with E-state index in [1.165, 1.54) is 4.31 Å². The number of amides is 1. The third kappa shape index (κ3) is 2.69. The number of carbonyl (C=O) groups excluding carboxylic acids is 1. The first-order valence-corrected chi connectivity index (χ1v) is 10.8. The average molecular weight is 435 g/mol. The predicted molar refractivity (Wildman–Crippen MR) is 102 cm³/mol. The molecule has 0 bridgehead atoms. The van der Waals surface area contributed by atoms with Crippen molar-refractivity contribution in [2.75, 3.05) is 6.54 Å². The first-order chi connectivity index (χ1) is 12.4. The highest BCUT2D eigenvalue weighted by Gasteiger charge is 2.59. The van der Waals surface area contributed by atoms with Crippen LogP contribution in [0, 0.1) is 0 Å². The summed E-state index contributed by atoms with van der Waals surface area (Å²) in [6.45, 7) is 0.505. The minimum Gasteiger partial charge on any atom is -0.354 e. The van der Waals surface area contributed by atoms with Crippen LogP contribution in [-0.4, -0.2) is 30.7 Å². The third-order valence-electron chi connectivity index (χ3n) is 5.32. The summed E-state index contributed by atoms with van der Waals surface area (Å²) in [7, 11) is -3.82. The van der Waals surface area contributed by atoms with Crippen molar-refractivity contribution >= 4 is 31.9 Å². The van der Waals surface area contributed by atoms with Gasteiger partial charge in [0.15, 0.2) is 0 Å². The largest absolute Gasteiger partial charge is 0.354 e. The summed E-state index contributed by atoms with van der Waals surface area (Å²) >= 11 is 3.46. The Balaban J connectivity index is 1.87. The van der Waals surface area contributed by atoms with Crippen LogP contribution in [0.5, 0.6) is 0 Å². The van der Waals surface area contributed by atoms with Crippen molar-refractivity contribution in [2.24, 2.45) is 0 Å². The molecule has 0 radical (unpaired) electrons. The van der Waals surface area contributed by atoms with Gasteiger partial charge in [-0.3, -0.25) is 4.79 Å². The van der Waals surface area contributed by atoms with Gasteiger partial charge in [-0.1, -0.05) is 46.3 Å². The van der Waals surface area contributed by atoms with Crippen LogP contribution in [0.15, 0.2) is 64.0 Å². The van der Waals surface area contributed by atoms with E-state index in [2.05, 4.69) is 21.2 Å². The Morgan fingerprint density at radius 3 is 2.50 bits per heavy atom. The normalized spacial score (nSPS) is 26.3. The second-order valence-electron chi connectivity index (χ2n) is 6.76. The molecule has 2 saturated heterocycles. The summed E-state index contributed by atoms with van der Waals surface area (Å²) in [4.78, 5) is 12.9. The highest BCUT2D eigenvalue weighted by atomic mass is 79.9. The molecule has 26 heavy (non-hydrogen) atoms. The number of nitrogens with zero attached hydrogens (tertiary/aromatic N) is 1. The second kappa shape index (κ2) is 6.48. The highest BCUT2D eigenvalue weighted by Crippen LogP contribution is 2.49. The van der Waals surface area contributed by atoms with Gasteiger partial charge in [-0.15, -0.1) is 0 Å². The first kappa shape index (κ1) is 17.7. The molecule has 0 aliphatic carbocycles. The fraction of sp³-hybridized carbons (Fsp3) is 0.316. The molecule has 136 valence electrons. The molecule has 2 heterocycles. The Bertz CT molecular complexity index is 948. The topological polar surface area (TPSA) is 66.5 Å². The van der Waals surface area contributed by atoms with Crippen LogP contribution in [0.25, 0.3) is 0 Å². The molecule has 1 N–H and O–H groups in total. The maximum Gasteiger partial charge on any atom is 0.244 e. The van der Waals surface area contributed by atoms with Crippen LogP contribution < -0.4 is 5.32 Å². The molecule has 0 aromatic heterocycles. The Hall–Kier alpha value is -1.70. The quantitative estimate of drug-likeness (QED) is 0.805. The fourth-order valence-corrected chi connectivity index (χ4v) is 6.56. The van der Waals surface area contributed by atoms with E-state index in [9.17, 15) is 13.2 Å². The van der Waals surface area contributed by atoms with Crippen LogP contribution in [0.1, 0.15) is 30.9 Å². The number of hydrogen-bond donors (Lipinski definition) is 1. The average Bonchev–Trinajstić information content (AvgIpc) is 3.21. The van der Waals surface area contributed by atoms with E-state index in [-0.39, 0.29) is 16.8 Å². The van der Waals surface area contributed by atoms with Gasteiger partial charge < -0.3 is 5.32 Å². The first-order valence-electron chi connectivity index (χ1n) is 8.58. The lowest BCUT2D eigenvalue weighted by Crippen LogP contribution is -2.52. The minimum atomic E-state index is -3.82. The monoisotopic (exact) mass is 434 g/mol. The molecule has 4 rings (SSSR count). The highest BCUT2D eigenvalue weighted by molar-refractivity contribution is 9.10. The molecule has 7 heteroatoms. The number of nitrogens with one attached hydrogen (secondary N) is 1. The lowest BCUT2D eigenvalue weighted by atomic mass is 9.96. The Morgan fingerprint density at radius 2 is 1.85 bits per heavy atom. The van der Waals surface area contributed by atoms with Crippen molar-refractivity contribution < 1.29 is 13.2 Å². The molecule has 5 nitrogen and oxygen atoms in total. The number of hydrogen-bond acceptors (Lipinski definition) is 3.